The summed E-state index contributed by atoms with van der Waals surface area (Å²) in [6.07, 6.45) is 0. The first kappa shape index (κ1) is 24.2. The molecule has 2 atom stereocenters. The number of hydrogen-bond donors (Lipinski definition) is 1. The monoisotopic (exact) mass is 483 g/mol. The summed E-state index contributed by atoms with van der Waals surface area (Å²) in [6, 6.07) is 3.65. The van der Waals surface area contributed by atoms with Gasteiger partial charge in [-0.25, -0.2) is 12.8 Å². The van der Waals surface area contributed by atoms with Crippen LogP contribution in [-0.4, -0.2) is 48.8 Å². The van der Waals surface area contributed by atoms with Crippen LogP contribution in [-0.2, 0) is 14.8 Å². The average molecular weight is 484 g/mol. The molecule has 1 N–H and O–H groups in total. The molecule has 10 heteroatoms. The highest BCUT2D eigenvalue weighted by Crippen LogP contribution is 2.39. The van der Waals surface area contributed by atoms with Gasteiger partial charge in [-0.15, -0.1) is 0 Å². The third-order valence-electron chi connectivity index (χ3n) is 5.76. The molecule has 0 saturated heterocycles. The normalized spacial score (nSPS) is 17.6. The number of halogens is 2. The van der Waals surface area contributed by atoms with Gasteiger partial charge in [0.25, 0.3) is 0 Å². The summed E-state index contributed by atoms with van der Waals surface area (Å²) >= 11 is 6.03. The summed E-state index contributed by atoms with van der Waals surface area (Å²) < 4.78 is 48.4. The largest absolute Gasteiger partial charge is 0.491 e. The Morgan fingerprint density at radius 3 is 2.50 bits per heavy atom. The van der Waals surface area contributed by atoms with E-state index in [1.807, 2.05) is 0 Å². The Labute approximate surface area is 190 Å². The van der Waals surface area contributed by atoms with Gasteiger partial charge < -0.3 is 9.84 Å². The Hall–Kier alpha value is -2.49. The Morgan fingerprint density at radius 1 is 1.25 bits per heavy atom. The summed E-state index contributed by atoms with van der Waals surface area (Å²) in [5.41, 5.74) is 1.22. The molecule has 1 heterocycles. The number of ether oxygens (including phenoxy) is 1. The highest BCUT2D eigenvalue weighted by molar-refractivity contribution is 7.89. The van der Waals surface area contributed by atoms with Gasteiger partial charge in [-0.1, -0.05) is 24.6 Å². The summed E-state index contributed by atoms with van der Waals surface area (Å²) in [5, 5.41) is 10.2. The van der Waals surface area contributed by atoms with Crippen molar-refractivity contribution in [3.63, 3.8) is 0 Å². The molecule has 2 aromatic rings. The quantitative estimate of drug-likeness (QED) is 0.646. The lowest BCUT2D eigenvalue weighted by Crippen LogP contribution is -2.49. The smallest absolute Gasteiger partial charge is 0.322 e. The van der Waals surface area contributed by atoms with Crippen molar-refractivity contribution < 1.29 is 32.2 Å². The van der Waals surface area contributed by atoms with E-state index in [2.05, 4.69) is 0 Å². The molecule has 0 saturated carbocycles. The number of ketones is 1. The molecule has 0 radical (unpaired) electrons. The van der Waals surface area contributed by atoms with Crippen molar-refractivity contribution in [1.82, 2.24) is 4.31 Å². The summed E-state index contributed by atoms with van der Waals surface area (Å²) in [5.74, 6) is -3.79. The van der Waals surface area contributed by atoms with Crippen LogP contribution < -0.4 is 4.74 Å². The summed E-state index contributed by atoms with van der Waals surface area (Å²) in [4.78, 5) is 24.1. The Morgan fingerprint density at radius 2 is 1.91 bits per heavy atom. The lowest BCUT2D eigenvalue weighted by atomic mass is 9.87. The highest BCUT2D eigenvalue weighted by atomic mass is 35.5. The number of fused-ring (bicyclic) bond motifs is 1. The number of Topliss-reactive ketones (excluding diaryl/α,β-unsaturated/α-hetero) is 1. The van der Waals surface area contributed by atoms with E-state index in [-0.39, 0.29) is 35.1 Å². The van der Waals surface area contributed by atoms with Crippen molar-refractivity contribution in [3.8, 4) is 5.75 Å². The van der Waals surface area contributed by atoms with Gasteiger partial charge in [0.15, 0.2) is 5.78 Å². The fourth-order valence-electron chi connectivity index (χ4n) is 4.08. The van der Waals surface area contributed by atoms with Crippen molar-refractivity contribution >= 4 is 33.4 Å². The molecule has 3 rings (SSSR count). The zero-order chi connectivity index (χ0) is 24.0. The van der Waals surface area contributed by atoms with Crippen LogP contribution in [0.25, 0.3) is 0 Å². The SMILES string of the molecule is CC(=O)c1cc(Cl)cc2c1S(=O)(=O)N([C@H](C(=O)O)C(C)c1c(F)ccc(C)c1C)CCO2. The fourth-order valence-corrected chi connectivity index (χ4v) is 6.26. The van der Waals surface area contributed by atoms with E-state index in [0.29, 0.717) is 5.56 Å². The highest BCUT2D eigenvalue weighted by Gasteiger charge is 2.44. The molecule has 0 amide bonds. The van der Waals surface area contributed by atoms with Crippen molar-refractivity contribution in [2.24, 2.45) is 0 Å². The number of hydrogen-bond acceptors (Lipinski definition) is 5. The molecule has 0 spiro atoms. The number of aryl methyl sites for hydroxylation is 1. The second-order valence-electron chi connectivity index (χ2n) is 7.78. The zero-order valence-electron chi connectivity index (χ0n) is 18.0. The minimum Gasteiger partial charge on any atom is -0.491 e. The molecule has 0 fully saturated rings. The van der Waals surface area contributed by atoms with Crippen LogP contribution in [0.1, 0.15) is 46.8 Å². The molecular formula is C22H23ClFNO6S. The number of aliphatic carboxylic acids is 1. The van der Waals surface area contributed by atoms with Gasteiger partial charge in [-0.3, -0.25) is 9.59 Å². The van der Waals surface area contributed by atoms with E-state index < -0.39 is 44.4 Å². The topological polar surface area (TPSA) is 101 Å². The molecule has 0 bridgehead atoms. The number of carboxylic acid groups (broad SMARTS) is 1. The van der Waals surface area contributed by atoms with Gasteiger partial charge >= 0.3 is 5.97 Å². The van der Waals surface area contributed by atoms with Gasteiger partial charge in [0.05, 0.1) is 0 Å². The second kappa shape index (κ2) is 8.80. The predicted molar refractivity (Wildman–Crippen MR) is 117 cm³/mol. The third kappa shape index (κ3) is 4.12. The summed E-state index contributed by atoms with van der Waals surface area (Å²) in [7, 11) is -4.52. The zero-order valence-corrected chi connectivity index (χ0v) is 19.6. The maximum atomic E-state index is 14.8. The van der Waals surface area contributed by atoms with Crippen LogP contribution in [0.3, 0.4) is 0 Å². The minimum absolute atomic E-state index is 0.109. The van der Waals surface area contributed by atoms with E-state index >= 15 is 0 Å². The number of sulfonamides is 1. The maximum absolute atomic E-state index is 14.8. The predicted octanol–water partition coefficient (Wildman–Crippen LogP) is 3.94. The second-order valence-corrected chi connectivity index (χ2v) is 10.0. The van der Waals surface area contributed by atoms with Crippen LogP contribution >= 0.6 is 11.6 Å². The maximum Gasteiger partial charge on any atom is 0.322 e. The standard InChI is InChI=1S/C22H23ClFNO6S/c1-11-5-6-17(24)19(12(11)2)13(3)20(22(27)28)25-7-8-31-18-10-15(23)9-16(14(4)26)21(18)32(25,29)30/h5-6,9-10,13,20H,7-8H2,1-4H3,(H,27,28)/t13?,20-/m0/s1. The van der Waals surface area contributed by atoms with Gasteiger partial charge in [0, 0.05) is 29.1 Å². The average Bonchev–Trinajstić information content (AvgIpc) is 2.80. The molecule has 172 valence electrons. The lowest BCUT2D eigenvalue weighted by molar-refractivity contribution is -0.142. The molecule has 2 aromatic carbocycles. The number of nitrogens with zero attached hydrogens (tertiary/aromatic N) is 1. The first-order valence-electron chi connectivity index (χ1n) is 9.85. The van der Waals surface area contributed by atoms with E-state index in [1.165, 1.54) is 32.0 Å². The molecule has 0 aromatic heterocycles. The molecule has 32 heavy (non-hydrogen) atoms. The molecule has 1 aliphatic rings. The molecule has 1 aliphatic heterocycles. The van der Waals surface area contributed by atoms with Crippen LogP contribution in [0.5, 0.6) is 5.75 Å². The van der Waals surface area contributed by atoms with E-state index in [4.69, 9.17) is 16.3 Å². The van der Waals surface area contributed by atoms with Crippen LogP contribution in [0.4, 0.5) is 4.39 Å². The van der Waals surface area contributed by atoms with E-state index in [0.717, 1.165) is 9.87 Å². The van der Waals surface area contributed by atoms with Gasteiger partial charge in [0.2, 0.25) is 10.0 Å². The number of carboxylic acids is 1. The van der Waals surface area contributed by atoms with Crippen molar-refractivity contribution in [3.05, 3.63) is 57.4 Å². The number of carbonyl (C=O) groups excluding carboxylic acids is 1. The molecule has 1 unspecified atom stereocenters. The molecule has 7 nitrogen and oxygen atoms in total. The fraction of sp³-hybridized carbons (Fsp3) is 0.364. The van der Waals surface area contributed by atoms with Crippen molar-refractivity contribution in [1.29, 1.82) is 0 Å². The van der Waals surface area contributed by atoms with E-state index in [1.54, 1.807) is 19.9 Å². The Bertz CT molecular complexity index is 1210. The van der Waals surface area contributed by atoms with Crippen LogP contribution in [0, 0.1) is 19.7 Å². The molecular weight excluding hydrogens is 461 g/mol. The third-order valence-corrected chi connectivity index (χ3v) is 7.94. The first-order valence-corrected chi connectivity index (χ1v) is 11.7. The Balaban J connectivity index is 2.23. The van der Waals surface area contributed by atoms with E-state index in [9.17, 15) is 27.5 Å². The first-order chi connectivity index (χ1) is 14.9. The number of carbonyl (C=O) groups is 2. The van der Waals surface area contributed by atoms with Gasteiger partial charge in [-0.05, 0) is 49.6 Å². The lowest BCUT2D eigenvalue weighted by Gasteiger charge is -2.32. The van der Waals surface area contributed by atoms with Crippen LogP contribution in [0.2, 0.25) is 5.02 Å². The van der Waals surface area contributed by atoms with Crippen molar-refractivity contribution in [2.45, 2.75) is 44.6 Å². The van der Waals surface area contributed by atoms with Gasteiger partial charge in [0.1, 0.15) is 29.1 Å². The van der Waals surface area contributed by atoms with Crippen LogP contribution in [0.15, 0.2) is 29.2 Å². The number of benzene rings is 2. The van der Waals surface area contributed by atoms with Crippen molar-refractivity contribution in [2.75, 3.05) is 13.2 Å². The minimum atomic E-state index is -4.52. The summed E-state index contributed by atoms with van der Waals surface area (Å²) in [6.45, 7) is 5.60. The molecule has 0 aliphatic carbocycles. The Kier molecular flexibility index (Phi) is 6.65. The number of rotatable bonds is 5. The van der Waals surface area contributed by atoms with Gasteiger partial charge in [-0.2, -0.15) is 4.31 Å².